The second-order valence-electron chi connectivity index (χ2n) is 4.06. The first-order valence-electron chi connectivity index (χ1n) is 5.93. The number of rotatable bonds is 5. The molecule has 0 aliphatic heterocycles. The van der Waals surface area contributed by atoms with E-state index in [1.165, 1.54) is 4.40 Å². The smallest absolute Gasteiger partial charge is 0.349 e. The van der Waals surface area contributed by atoms with Gasteiger partial charge in [0.1, 0.15) is 11.6 Å². The van der Waals surface area contributed by atoms with Crippen LogP contribution in [-0.4, -0.2) is 38.6 Å². The monoisotopic (exact) mass is 269 g/mol. The number of aryl methyl sites for hydroxylation is 1. The molecule has 0 radical (unpaired) electrons. The van der Waals surface area contributed by atoms with Crippen molar-refractivity contribution in [1.82, 2.24) is 19.6 Å². The van der Waals surface area contributed by atoms with Gasteiger partial charge in [-0.2, -0.15) is 5.10 Å². The Bertz CT molecular complexity index is 585. The fraction of sp³-hybridized carbons (Fsp3) is 0.545. The summed E-state index contributed by atoms with van der Waals surface area (Å²) in [4.78, 5) is 18.0. The third-order valence-electron chi connectivity index (χ3n) is 2.73. The number of nitrogens with zero attached hydrogens (tertiary/aromatic N) is 4. The summed E-state index contributed by atoms with van der Waals surface area (Å²) in [5.41, 5.74) is 0.319. The summed E-state index contributed by atoms with van der Waals surface area (Å²) >= 11 is 5.80. The quantitative estimate of drug-likeness (QED) is 0.828. The van der Waals surface area contributed by atoms with Crippen molar-refractivity contribution >= 4 is 23.1 Å². The highest BCUT2D eigenvalue weighted by atomic mass is 35.5. The number of hydrogen-bond acceptors (Lipinski definition) is 4. The molecule has 0 fully saturated rings. The molecule has 0 aromatic carbocycles. The molecule has 2 rings (SSSR count). The molecule has 0 saturated carbocycles. The van der Waals surface area contributed by atoms with Crippen LogP contribution in [-0.2, 0) is 0 Å². The average molecular weight is 270 g/mol. The molecule has 0 atom stereocenters. The predicted octanol–water partition coefficient (Wildman–Crippen LogP) is 1.18. The third kappa shape index (κ3) is 2.33. The molecule has 6 nitrogen and oxygen atoms in total. The Labute approximate surface area is 110 Å². The van der Waals surface area contributed by atoms with E-state index in [0.29, 0.717) is 17.4 Å². The second-order valence-corrected chi connectivity index (χ2v) is 4.44. The van der Waals surface area contributed by atoms with E-state index in [0.717, 1.165) is 25.3 Å². The lowest BCUT2D eigenvalue weighted by atomic mass is 10.4. The SMILES string of the molecule is CCCN(CCCl)c1cc2n[nH]c(=O)n2c(C)n1. The van der Waals surface area contributed by atoms with Crippen LogP contribution in [0.2, 0.25) is 0 Å². The van der Waals surface area contributed by atoms with Crippen LogP contribution in [0, 0.1) is 6.92 Å². The van der Waals surface area contributed by atoms with E-state index in [2.05, 4.69) is 27.0 Å². The number of halogens is 1. The highest BCUT2D eigenvalue weighted by Crippen LogP contribution is 2.14. The molecule has 0 aliphatic rings. The number of aromatic nitrogens is 4. The van der Waals surface area contributed by atoms with Gasteiger partial charge in [-0.25, -0.2) is 19.3 Å². The Hall–Kier alpha value is -1.56. The summed E-state index contributed by atoms with van der Waals surface area (Å²) < 4.78 is 1.45. The van der Waals surface area contributed by atoms with E-state index in [1.54, 1.807) is 13.0 Å². The van der Waals surface area contributed by atoms with Crippen molar-refractivity contribution in [3.63, 3.8) is 0 Å². The van der Waals surface area contributed by atoms with Crippen LogP contribution >= 0.6 is 11.6 Å². The maximum Gasteiger partial charge on any atom is 0.349 e. The topological polar surface area (TPSA) is 66.3 Å². The molecule has 2 heterocycles. The molecule has 0 aliphatic carbocycles. The number of fused-ring (bicyclic) bond motifs is 1. The zero-order valence-electron chi connectivity index (χ0n) is 10.5. The molecule has 2 aromatic rings. The van der Waals surface area contributed by atoms with Crippen LogP contribution in [0.15, 0.2) is 10.9 Å². The Balaban J connectivity index is 2.47. The number of alkyl halides is 1. The Morgan fingerprint density at radius 1 is 1.50 bits per heavy atom. The standard InChI is InChI=1S/C11H16ClN5O/c1-3-5-16(6-4-12)9-7-10-14-15-11(18)17(10)8(2)13-9/h7H,3-6H2,1-2H3,(H,15,18). The molecule has 1 N–H and O–H groups in total. The van der Waals surface area contributed by atoms with Gasteiger partial charge < -0.3 is 4.90 Å². The number of anilines is 1. The lowest BCUT2D eigenvalue weighted by molar-refractivity contribution is 0.772. The first kappa shape index (κ1) is 12.9. The van der Waals surface area contributed by atoms with Gasteiger partial charge in [-0.1, -0.05) is 6.92 Å². The molecule has 0 unspecified atom stereocenters. The summed E-state index contributed by atoms with van der Waals surface area (Å²) in [6, 6.07) is 1.80. The van der Waals surface area contributed by atoms with Gasteiger partial charge in [0.2, 0.25) is 0 Å². The molecule has 0 bridgehead atoms. The summed E-state index contributed by atoms with van der Waals surface area (Å²) in [5.74, 6) is 1.97. The summed E-state index contributed by atoms with van der Waals surface area (Å²) in [5, 5.41) is 6.39. The van der Waals surface area contributed by atoms with Gasteiger partial charge in [-0.3, -0.25) is 0 Å². The molecule has 0 saturated heterocycles. The van der Waals surface area contributed by atoms with Gasteiger partial charge in [-0.05, 0) is 13.3 Å². The Morgan fingerprint density at radius 3 is 2.94 bits per heavy atom. The predicted molar refractivity (Wildman–Crippen MR) is 71.6 cm³/mol. The minimum Gasteiger partial charge on any atom is -0.355 e. The van der Waals surface area contributed by atoms with Crippen molar-refractivity contribution in [2.75, 3.05) is 23.9 Å². The number of aromatic amines is 1. The number of nitrogens with one attached hydrogen (secondary N) is 1. The maximum absolute atomic E-state index is 11.5. The Kier molecular flexibility index (Phi) is 3.86. The van der Waals surface area contributed by atoms with E-state index in [9.17, 15) is 4.79 Å². The number of hydrogen-bond donors (Lipinski definition) is 1. The highest BCUT2D eigenvalue weighted by molar-refractivity contribution is 6.18. The summed E-state index contributed by atoms with van der Waals surface area (Å²) in [7, 11) is 0. The van der Waals surface area contributed by atoms with Crippen molar-refractivity contribution < 1.29 is 0 Å². The van der Waals surface area contributed by atoms with E-state index < -0.39 is 0 Å². The van der Waals surface area contributed by atoms with E-state index in [1.807, 2.05) is 0 Å². The molecule has 0 spiro atoms. The van der Waals surface area contributed by atoms with E-state index in [4.69, 9.17) is 11.6 Å². The Morgan fingerprint density at radius 2 is 2.28 bits per heavy atom. The van der Waals surface area contributed by atoms with Crippen molar-refractivity contribution in [2.24, 2.45) is 0 Å². The van der Waals surface area contributed by atoms with Crippen molar-refractivity contribution in [3.05, 3.63) is 22.4 Å². The molecular formula is C11H16ClN5O. The van der Waals surface area contributed by atoms with Gasteiger partial charge in [0.05, 0.1) is 0 Å². The lowest BCUT2D eigenvalue weighted by Crippen LogP contribution is -2.28. The van der Waals surface area contributed by atoms with Crippen LogP contribution in [0.4, 0.5) is 5.82 Å². The molecule has 0 amide bonds. The zero-order chi connectivity index (χ0) is 13.1. The molecule has 18 heavy (non-hydrogen) atoms. The second kappa shape index (κ2) is 5.39. The third-order valence-corrected chi connectivity index (χ3v) is 2.90. The van der Waals surface area contributed by atoms with Gasteiger partial charge in [0.15, 0.2) is 5.65 Å². The fourth-order valence-corrected chi connectivity index (χ4v) is 2.16. The first-order chi connectivity index (χ1) is 8.67. The van der Waals surface area contributed by atoms with E-state index >= 15 is 0 Å². The van der Waals surface area contributed by atoms with Crippen molar-refractivity contribution in [2.45, 2.75) is 20.3 Å². The minimum absolute atomic E-state index is 0.263. The minimum atomic E-state index is -0.263. The normalized spacial score (nSPS) is 11.1. The number of H-pyrrole nitrogens is 1. The maximum atomic E-state index is 11.5. The fourth-order valence-electron chi connectivity index (χ4n) is 1.96. The first-order valence-corrected chi connectivity index (χ1v) is 6.46. The molecule has 2 aromatic heterocycles. The van der Waals surface area contributed by atoms with Crippen molar-refractivity contribution in [1.29, 1.82) is 0 Å². The lowest BCUT2D eigenvalue weighted by Gasteiger charge is -2.22. The van der Waals surface area contributed by atoms with Gasteiger partial charge in [0, 0.05) is 25.0 Å². The largest absolute Gasteiger partial charge is 0.355 e. The average Bonchev–Trinajstić information content (AvgIpc) is 2.71. The summed E-state index contributed by atoms with van der Waals surface area (Å²) in [6.07, 6.45) is 1.01. The zero-order valence-corrected chi connectivity index (χ0v) is 11.2. The van der Waals surface area contributed by atoms with Gasteiger partial charge in [0.25, 0.3) is 0 Å². The van der Waals surface area contributed by atoms with Crippen LogP contribution in [0.5, 0.6) is 0 Å². The van der Waals surface area contributed by atoms with Crippen LogP contribution < -0.4 is 10.6 Å². The highest BCUT2D eigenvalue weighted by Gasteiger charge is 2.11. The van der Waals surface area contributed by atoms with Crippen LogP contribution in [0.1, 0.15) is 19.2 Å². The molecule has 98 valence electrons. The van der Waals surface area contributed by atoms with E-state index in [-0.39, 0.29) is 5.69 Å². The van der Waals surface area contributed by atoms with Crippen molar-refractivity contribution in [3.8, 4) is 0 Å². The van der Waals surface area contributed by atoms with Gasteiger partial charge >= 0.3 is 5.69 Å². The van der Waals surface area contributed by atoms with Gasteiger partial charge in [-0.15, -0.1) is 11.6 Å². The van der Waals surface area contributed by atoms with Crippen LogP contribution in [0.3, 0.4) is 0 Å². The summed E-state index contributed by atoms with van der Waals surface area (Å²) in [6.45, 7) is 5.50. The molecule has 7 heteroatoms. The molecular weight excluding hydrogens is 254 g/mol. The van der Waals surface area contributed by atoms with Crippen LogP contribution in [0.25, 0.3) is 5.65 Å².